The van der Waals surface area contributed by atoms with Crippen LogP contribution in [0.2, 0.25) is 5.02 Å². The average molecular weight is 611 g/mol. The number of likely N-dealkylation sites (tertiary alicyclic amines) is 1. The molecule has 4 aliphatic rings. The molecule has 3 unspecified atom stereocenters. The second kappa shape index (κ2) is 16.7. The van der Waals surface area contributed by atoms with Crippen molar-refractivity contribution in [3.63, 3.8) is 0 Å². The SMILES string of the molecule is CC.CO.O=CC1(N(CC(=O)N2CCCC2)S(=O)C2=CC=C(c3ccc(Cl)cc3)C=CC2)CC1/C1=C/C/C=C\C=CC1. The van der Waals surface area contributed by atoms with Crippen LogP contribution in [0.25, 0.3) is 5.57 Å². The molecule has 0 bridgehead atoms. The fourth-order valence-electron chi connectivity index (χ4n) is 5.48. The van der Waals surface area contributed by atoms with E-state index < -0.39 is 16.5 Å². The molecule has 1 aromatic carbocycles. The minimum Gasteiger partial charge on any atom is -0.400 e. The quantitative estimate of drug-likeness (QED) is 0.266. The van der Waals surface area contributed by atoms with Crippen LogP contribution in [-0.2, 0) is 20.6 Å². The number of benzene rings is 1. The maximum absolute atomic E-state index is 14.2. The van der Waals surface area contributed by atoms with Gasteiger partial charge in [0.1, 0.15) is 17.3 Å². The van der Waals surface area contributed by atoms with Crippen molar-refractivity contribution in [3.8, 4) is 0 Å². The minimum atomic E-state index is -1.65. The molecule has 3 atom stereocenters. The smallest absolute Gasteiger partial charge is 0.237 e. The third kappa shape index (κ3) is 8.16. The van der Waals surface area contributed by atoms with Crippen molar-refractivity contribution in [2.75, 3.05) is 26.7 Å². The number of aliphatic hydroxyl groups excluding tert-OH is 1. The van der Waals surface area contributed by atoms with Crippen molar-refractivity contribution < 1.29 is 18.9 Å². The van der Waals surface area contributed by atoms with E-state index in [9.17, 15) is 13.8 Å². The van der Waals surface area contributed by atoms with E-state index in [1.165, 1.54) is 5.57 Å². The number of carbonyl (C=O) groups excluding carboxylic acids is 2. The molecule has 1 amide bonds. The van der Waals surface area contributed by atoms with Crippen LogP contribution < -0.4 is 0 Å². The third-order valence-corrected chi connectivity index (χ3v) is 9.62. The molecule has 1 aliphatic heterocycles. The lowest BCUT2D eigenvalue weighted by Gasteiger charge is -2.30. The molecule has 1 N–H and O–H groups in total. The topological polar surface area (TPSA) is 77.9 Å². The van der Waals surface area contributed by atoms with Gasteiger partial charge in [0.2, 0.25) is 5.91 Å². The monoisotopic (exact) mass is 610 g/mol. The van der Waals surface area contributed by atoms with Gasteiger partial charge in [0, 0.05) is 42.5 Å². The maximum atomic E-state index is 14.2. The molecule has 0 radical (unpaired) electrons. The number of halogens is 1. The van der Waals surface area contributed by atoms with E-state index in [1.54, 1.807) is 4.31 Å². The summed E-state index contributed by atoms with van der Waals surface area (Å²) in [5, 5.41) is 7.67. The van der Waals surface area contributed by atoms with Crippen molar-refractivity contribution in [2.24, 2.45) is 5.92 Å². The molecule has 5 rings (SSSR count). The zero-order valence-corrected chi connectivity index (χ0v) is 26.4. The second-order valence-corrected chi connectivity index (χ2v) is 12.1. The van der Waals surface area contributed by atoms with E-state index in [-0.39, 0.29) is 18.4 Å². The zero-order valence-electron chi connectivity index (χ0n) is 24.9. The first-order chi connectivity index (χ1) is 20.5. The van der Waals surface area contributed by atoms with Gasteiger partial charge in [-0.2, -0.15) is 4.31 Å². The van der Waals surface area contributed by atoms with Crippen LogP contribution in [0.5, 0.6) is 0 Å². The summed E-state index contributed by atoms with van der Waals surface area (Å²) in [7, 11) is -0.651. The molecule has 0 aromatic heterocycles. The predicted molar refractivity (Wildman–Crippen MR) is 174 cm³/mol. The van der Waals surface area contributed by atoms with Gasteiger partial charge in [-0.15, -0.1) is 0 Å². The highest BCUT2D eigenvalue weighted by Gasteiger charge is 2.62. The van der Waals surface area contributed by atoms with Gasteiger partial charge in [-0.3, -0.25) is 4.79 Å². The fraction of sp³-hybridized carbons (Fsp3) is 0.412. The number of carbonyl (C=O) groups is 2. The summed E-state index contributed by atoms with van der Waals surface area (Å²) in [6, 6.07) is 7.61. The standard InChI is InChI=1S/C31H33ClN2O3S.C2H6.CH4O/c32-27-16-13-25(14-17-27)24-11-8-12-28(18-15-24)38(37)34(22-30(36)33-19-6-7-20-33)31(23-35)21-29(31)26-9-4-2-1-3-5-10-26;2*1-2/h1-4,8,10-11,13-18,23,29H,5-7,9,12,19-22H2;1-2H3;2H,1H3/b3-1-,4-2?,26-10+;;. The summed E-state index contributed by atoms with van der Waals surface area (Å²) in [6.07, 6.45) is 23.8. The Morgan fingerprint density at radius 2 is 1.76 bits per heavy atom. The molecule has 8 heteroatoms. The minimum absolute atomic E-state index is 0.0281. The number of hydrogen-bond acceptors (Lipinski definition) is 4. The number of hydrogen-bond donors (Lipinski definition) is 1. The van der Waals surface area contributed by atoms with E-state index in [0.29, 0.717) is 22.8 Å². The van der Waals surface area contributed by atoms with Crippen molar-refractivity contribution in [2.45, 2.75) is 57.9 Å². The number of nitrogens with zero attached hydrogens (tertiary/aromatic N) is 2. The van der Waals surface area contributed by atoms with Crippen LogP contribution >= 0.6 is 11.6 Å². The normalized spacial score (nSPS) is 25.5. The molecule has 1 saturated carbocycles. The molecule has 1 saturated heterocycles. The van der Waals surface area contributed by atoms with Gasteiger partial charge in [-0.25, -0.2) is 4.21 Å². The third-order valence-electron chi connectivity index (χ3n) is 7.75. The van der Waals surface area contributed by atoms with Gasteiger partial charge in [0.25, 0.3) is 0 Å². The number of amides is 1. The lowest BCUT2D eigenvalue weighted by atomic mass is 10.0. The Morgan fingerprint density at radius 3 is 2.45 bits per heavy atom. The molecular formula is C34H43ClN2O4S. The molecule has 3 aliphatic carbocycles. The second-order valence-electron chi connectivity index (χ2n) is 10.2. The molecule has 1 aromatic rings. The summed E-state index contributed by atoms with van der Waals surface area (Å²) >= 11 is 6.05. The summed E-state index contributed by atoms with van der Waals surface area (Å²) in [6.45, 7) is 5.41. The van der Waals surface area contributed by atoms with E-state index in [1.807, 2.05) is 79.5 Å². The summed E-state index contributed by atoms with van der Waals surface area (Å²) in [5.74, 6) is -0.104. The molecular weight excluding hydrogens is 568 g/mol. The predicted octanol–water partition coefficient (Wildman–Crippen LogP) is 6.58. The van der Waals surface area contributed by atoms with Gasteiger partial charge in [-0.1, -0.05) is 91.8 Å². The number of rotatable bonds is 8. The Bertz CT molecular complexity index is 1290. The molecule has 2 fully saturated rings. The highest BCUT2D eigenvalue weighted by molar-refractivity contribution is 7.86. The number of aliphatic hydroxyl groups is 1. The van der Waals surface area contributed by atoms with Gasteiger partial charge in [0.05, 0.1) is 12.1 Å². The van der Waals surface area contributed by atoms with Crippen molar-refractivity contribution >= 4 is 40.4 Å². The zero-order chi connectivity index (χ0) is 30.5. The van der Waals surface area contributed by atoms with Crippen LogP contribution in [0.1, 0.15) is 57.9 Å². The van der Waals surface area contributed by atoms with Gasteiger partial charge < -0.3 is 14.8 Å². The first kappa shape index (κ1) is 33.7. The fourth-order valence-corrected chi connectivity index (χ4v) is 7.09. The summed E-state index contributed by atoms with van der Waals surface area (Å²) in [5.41, 5.74) is 2.23. The Hall–Kier alpha value is -2.84. The Labute approximate surface area is 258 Å². The van der Waals surface area contributed by atoms with Crippen molar-refractivity contribution in [1.29, 1.82) is 0 Å². The van der Waals surface area contributed by atoms with Crippen LogP contribution in [0.3, 0.4) is 0 Å². The van der Waals surface area contributed by atoms with Gasteiger partial charge in [0.15, 0.2) is 0 Å². The Kier molecular flexibility index (Phi) is 13.4. The lowest BCUT2D eigenvalue weighted by molar-refractivity contribution is -0.131. The first-order valence-corrected chi connectivity index (χ1v) is 16.2. The largest absolute Gasteiger partial charge is 0.400 e. The lowest BCUT2D eigenvalue weighted by Crippen LogP contribution is -2.48. The van der Waals surface area contributed by atoms with Crippen LogP contribution in [0.4, 0.5) is 0 Å². The average Bonchev–Trinajstić information content (AvgIpc) is 3.58. The highest BCUT2D eigenvalue weighted by Crippen LogP contribution is 2.53. The summed E-state index contributed by atoms with van der Waals surface area (Å²) in [4.78, 5) is 28.6. The molecule has 42 heavy (non-hydrogen) atoms. The Morgan fingerprint density at radius 1 is 1.07 bits per heavy atom. The van der Waals surface area contributed by atoms with E-state index in [0.717, 1.165) is 63.3 Å². The van der Waals surface area contributed by atoms with E-state index in [4.69, 9.17) is 16.7 Å². The van der Waals surface area contributed by atoms with Crippen LogP contribution in [0, 0.1) is 5.92 Å². The first-order valence-electron chi connectivity index (χ1n) is 14.7. The number of allylic oxidation sites excluding steroid dienone is 11. The maximum Gasteiger partial charge on any atom is 0.237 e. The molecule has 1 heterocycles. The van der Waals surface area contributed by atoms with Crippen molar-refractivity contribution in [3.05, 3.63) is 100 Å². The number of aldehydes is 1. The highest BCUT2D eigenvalue weighted by atomic mass is 35.5. The van der Waals surface area contributed by atoms with E-state index in [2.05, 4.69) is 18.2 Å². The van der Waals surface area contributed by atoms with E-state index >= 15 is 0 Å². The molecule has 6 nitrogen and oxygen atoms in total. The van der Waals surface area contributed by atoms with Crippen LogP contribution in [-0.4, -0.2) is 63.0 Å². The summed E-state index contributed by atoms with van der Waals surface area (Å²) < 4.78 is 15.9. The van der Waals surface area contributed by atoms with Gasteiger partial charge >= 0.3 is 0 Å². The Balaban J connectivity index is 0.00000116. The van der Waals surface area contributed by atoms with Crippen LogP contribution in [0.15, 0.2) is 89.4 Å². The van der Waals surface area contributed by atoms with Crippen molar-refractivity contribution in [1.82, 2.24) is 9.21 Å². The molecule has 0 spiro atoms. The van der Waals surface area contributed by atoms with Gasteiger partial charge in [-0.05, 0) is 61.4 Å². The molecule has 226 valence electrons.